The summed E-state index contributed by atoms with van der Waals surface area (Å²) in [5.41, 5.74) is 1.41. The molecular formula is C8H8F5N3O2S. The minimum absolute atomic E-state index is 0.151. The normalized spacial score (nSPS) is 13.1. The standard InChI is InChI=1S/C8H8F5N3O2S/c9-7(10)3-1-5(19(15,17)18)6(8(11,12)13)16-4(3)2-14/h1,7H,2,14H2,(H2,15,17,18). The summed E-state index contributed by atoms with van der Waals surface area (Å²) in [6.07, 6.45) is -8.39. The molecule has 5 nitrogen and oxygen atoms in total. The van der Waals surface area contributed by atoms with Gasteiger partial charge in [0.1, 0.15) is 4.90 Å². The number of halogens is 5. The van der Waals surface area contributed by atoms with Gasteiger partial charge in [0.25, 0.3) is 6.43 Å². The van der Waals surface area contributed by atoms with Crippen molar-refractivity contribution in [3.63, 3.8) is 0 Å². The molecule has 0 aliphatic heterocycles. The van der Waals surface area contributed by atoms with Gasteiger partial charge in [0.05, 0.1) is 5.69 Å². The van der Waals surface area contributed by atoms with Gasteiger partial charge in [-0.05, 0) is 6.07 Å². The van der Waals surface area contributed by atoms with Crippen LogP contribution in [-0.4, -0.2) is 13.4 Å². The maximum absolute atomic E-state index is 12.6. The molecule has 108 valence electrons. The number of hydrogen-bond acceptors (Lipinski definition) is 4. The van der Waals surface area contributed by atoms with Crippen molar-refractivity contribution in [2.75, 3.05) is 0 Å². The Morgan fingerprint density at radius 3 is 2.16 bits per heavy atom. The number of alkyl halides is 5. The third kappa shape index (κ3) is 3.36. The zero-order valence-corrected chi connectivity index (χ0v) is 9.89. The van der Waals surface area contributed by atoms with Gasteiger partial charge >= 0.3 is 6.18 Å². The Kier molecular flexibility index (Phi) is 4.12. The van der Waals surface area contributed by atoms with Crippen LogP contribution in [0.1, 0.15) is 23.4 Å². The van der Waals surface area contributed by atoms with Crippen LogP contribution >= 0.6 is 0 Å². The quantitative estimate of drug-likeness (QED) is 0.818. The van der Waals surface area contributed by atoms with Crippen LogP contribution in [-0.2, 0) is 22.7 Å². The number of aromatic nitrogens is 1. The van der Waals surface area contributed by atoms with Crippen LogP contribution < -0.4 is 10.9 Å². The predicted octanol–water partition coefficient (Wildman–Crippen LogP) is 1.14. The van der Waals surface area contributed by atoms with Crippen LogP contribution in [0, 0.1) is 0 Å². The summed E-state index contributed by atoms with van der Waals surface area (Å²) < 4.78 is 85.1. The molecule has 0 spiro atoms. The zero-order valence-electron chi connectivity index (χ0n) is 9.08. The van der Waals surface area contributed by atoms with Gasteiger partial charge < -0.3 is 5.73 Å². The fourth-order valence-corrected chi connectivity index (χ4v) is 2.04. The molecule has 0 fully saturated rings. The van der Waals surface area contributed by atoms with Crippen molar-refractivity contribution in [1.82, 2.24) is 4.98 Å². The Morgan fingerprint density at radius 2 is 1.84 bits per heavy atom. The lowest BCUT2D eigenvalue weighted by molar-refractivity contribution is -0.143. The second-order valence-electron chi connectivity index (χ2n) is 3.42. The number of hydrogen-bond donors (Lipinski definition) is 2. The predicted molar refractivity (Wildman–Crippen MR) is 53.5 cm³/mol. The number of nitrogens with two attached hydrogens (primary N) is 2. The number of rotatable bonds is 3. The highest BCUT2D eigenvalue weighted by Gasteiger charge is 2.39. The SMILES string of the molecule is NCc1nc(C(F)(F)F)c(S(N)(=O)=O)cc1C(F)F. The second kappa shape index (κ2) is 4.98. The molecule has 0 unspecified atom stereocenters. The lowest BCUT2D eigenvalue weighted by Crippen LogP contribution is -2.23. The van der Waals surface area contributed by atoms with Crippen molar-refractivity contribution in [1.29, 1.82) is 0 Å². The molecule has 1 rings (SSSR count). The Balaban J connectivity index is 3.73. The fraction of sp³-hybridized carbons (Fsp3) is 0.375. The van der Waals surface area contributed by atoms with Crippen molar-refractivity contribution in [3.8, 4) is 0 Å². The van der Waals surface area contributed by atoms with E-state index in [1.807, 2.05) is 0 Å². The molecule has 0 saturated heterocycles. The van der Waals surface area contributed by atoms with E-state index >= 15 is 0 Å². The van der Waals surface area contributed by atoms with Crippen LogP contribution in [0.5, 0.6) is 0 Å². The Hall–Kier alpha value is -1.33. The first kappa shape index (κ1) is 15.7. The van der Waals surface area contributed by atoms with Gasteiger partial charge in [-0.15, -0.1) is 0 Å². The summed E-state index contributed by atoms with van der Waals surface area (Å²) in [5.74, 6) is 0. The molecule has 1 heterocycles. The van der Waals surface area contributed by atoms with Crippen LogP contribution in [0.4, 0.5) is 22.0 Å². The molecule has 0 bridgehead atoms. The summed E-state index contributed by atoms with van der Waals surface area (Å²) in [4.78, 5) is 1.35. The van der Waals surface area contributed by atoms with Crippen molar-refractivity contribution in [3.05, 3.63) is 23.0 Å². The highest BCUT2D eigenvalue weighted by Crippen LogP contribution is 2.35. The largest absolute Gasteiger partial charge is 0.434 e. The summed E-state index contributed by atoms with van der Waals surface area (Å²) in [6.45, 7) is -0.701. The van der Waals surface area contributed by atoms with Gasteiger partial charge in [-0.1, -0.05) is 0 Å². The van der Waals surface area contributed by atoms with E-state index in [4.69, 9.17) is 5.73 Å². The van der Waals surface area contributed by atoms with E-state index in [0.29, 0.717) is 0 Å². The lowest BCUT2D eigenvalue weighted by Gasteiger charge is -2.14. The van der Waals surface area contributed by atoms with Crippen LogP contribution in [0.25, 0.3) is 0 Å². The molecular weight excluding hydrogens is 297 g/mol. The number of pyridine rings is 1. The van der Waals surface area contributed by atoms with Gasteiger partial charge in [0.15, 0.2) is 5.69 Å². The average Bonchev–Trinajstić information content (AvgIpc) is 2.24. The molecule has 19 heavy (non-hydrogen) atoms. The monoisotopic (exact) mass is 305 g/mol. The van der Waals surface area contributed by atoms with E-state index in [0.717, 1.165) is 0 Å². The van der Waals surface area contributed by atoms with Gasteiger partial charge in [0, 0.05) is 12.1 Å². The maximum atomic E-state index is 12.6. The summed E-state index contributed by atoms with van der Waals surface area (Å²) in [7, 11) is -4.85. The molecule has 11 heteroatoms. The van der Waals surface area contributed by atoms with Crippen molar-refractivity contribution in [2.24, 2.45) is 10.9 Å². The van der Waals surface area contributed by atoms with Gasteiger partial charge in [-0.3, -0.25) is 0 Å². The molecule has 0 aliphatic carbocycles. The first-order valence-corrected chi connectivity index (χ1v) is 6.15. The molecule has 1 aromatic rings. The van der Waals surface area contributed by atoms with E-state index in [1.54, 1.807) is 0 Å². The van der Waals surface area contributed by atoms with Crippen molar-refractivity contribution in [2.45, 2.75) is 24.0 Å². The smallest absolute Gasteiger partial charge is 0.325 e. The summed E-state index contributed by atoms with van der Waals surface area (Å²) in [5, 5.41) is 4.57. The molecule has 1 aromatic heterocycles. The third-order valence-electron chi connectivity index (χ3n) is 2.10. The fourth-order valence-electron chi connectivity index (χ4n) is 1.32. The average molecular weight is 305 g/mol. The Morgan fingerprint density at radius 1 is 1.32 bits per heavy atom. The summed E-state index contributed by atoms with van der Waals surface area (Å²) in [6, 6.07) is 0.151. The van der Waals surface area contributed by atoms with E-state index in [9.17, 15) is 30.4 Å². The second-order valence-corrected chi connectivity index (χ2v) is 4.95. The minimum atomic E-state index is -5.16. The van der Waals surface area contributed by atoms with Crippen LogP contribution in [0.3, 0.4) is 0 Å². The van der Waals surface area contributed by atoms with E-state index < -0.39 is 51.0 Å². The Labute approximate surface area is 104 Å². The molecule has 0 amide bonds. The third-order valence-corrected chi connectivity index (χ3v) is 3.03. The molecule has 0 saturated carbocycles. The number of sulfonamides is 1. The topological polar surface area (TPSA) is 99.1 Å². The maximum Gasteiger partial charge on any atom is 0.434 e. The minimum Gasteiger partial charge on any atom is -0.325 e. The number of nitrogens with zero attached hydrogens (tertiary/aromatic N) is 1. The van der Waals surface area contributed by atoms with Crippen molar-refractivity contribution < 1.29 is 30.4 Å². The Bertz CT molecular complexity index is 585. The molecule has 0 aliphatic rings. The van der Waals surface area contributed by atoms with Crippen molar-refractivity contribution >= 4 is 10.0 Å². The summed E-state index contributed by atoms with van der Waals surface area (Å²) >= 11 is 0. The molecule has 0 radical (unpaired) electrons. The number of primary sulfonamides is 1. The van der Waals surface area contributed by atoms with Gasteiger partial charge in [0.2, 0.25) is 10.0 Å². The first-order chi connectivity index (χ1) is 8.48. The molecule has 0 aromatic carbocycles. The van der Waals surface area contributed by atoms with Gasteiger partial charge in [-0.25, -0.2) is 27.3 Å². The van der Waals surface area contributed by atoms with E-state index in [-0.39, 0.29) is 6.07 Å². The van der Waals surface area contributed by atoms with Crippen LogP contribution in [0.2, 0.25) is 0 Å². The first-order valence-electron chi connectivity index (χ1n) is 4.60. The lowest BCUT2D eigenvalue weighted by atomic mass is 10.1. The van der Waals surface area contributed by atoms with Gasteiger partial charge in [-0.2, -0.15) is 13.2 Å². The molecule has 0 atom stereocenters. The highest BCUT2D eigenvalue weighted by molar-refractivity contribution is 7.89. The van der Waals surface area contributed by atoms with Crippen LogP contribution in [0.15, 0.2) is 11.0 Å². The van der Waals surface area contributed by atoms with E-state index in [2.05, 4.69) is 10.1 Å². The zero-order chi connectivity index (χ0) is 15.0. The molecule has 4 N–H and O–H groups in total. The van der Waals surface area contributed by atoms with E-state index in [1.165, 1.54) is 0 Å². The highest BCUT2D eigenvalue weighted by atomic mass is 32.2.